The highest BCUT2D eigenvalue weighted by atomic mass is 35.5. The van der Waals surface area contributed by atoms with Crippen molar-refractivity contribution in [2.24, 2.45) is 0 Å². The molecule has 0 saturated carbocycles. The number of aryl methyl sites for hydroxylation is 2. The molecular formula is C20H19ClN2O2. The zero-order chi connectivity index (χ0) is 18.0. The molecule has 0 spiro atoms. The van der Waals surface area contributed by atoms with Crippen LogP contribution in [0, 0.1) is 13.8 Å². The van der Waals surface area contributed by atoms with E-state index >= 15 is 0 Å². The van der Waals surface area contributed by atoms with E-state index in [1.54, 1.807) is 19.2 Å². The van der Waals surface area contributed by atoms with Crippen molar-refractivity contribution < 1.29 is 9.53 Å². The largest absolute Gasteiger partial charge is 0.462 e. The molecular weight excluding hydrogens is 336 g/mol. The standard InChI is InChI=1S/C20H19ClN2O2/c1-4-25-20(24)17-11-22-18-13(3)8-12(2)9-16(18)19(17)23-15-7-5-6-14(21)10-15/h5-11H,4H2,1-3H3,(H,22,23). The maximum absolute atomic E-state index is 12.4. The number of ether oxygens (including phenoxy) is 1. The number of rotatable bonds is 4. The lowest BCUT2D eigenvalue weighted by Crippen LogP contribution is -2.09. The normalized spacial score (nSPS) is 10.7. The van der Waals surface area contributed by atoms with Gasteiger partial charge in [0.25, 0.3) is 0 Å². The summed E-state index contributed by atoms with van der Waals surface area (Å²) in [6, 6.07) is 11.5. The number of hydrogen-bond donors (Lipinski definition) is 1. The predicted molar refractivity (Wildman–Crippen MR) is 102 cm³/mol. The SMILES string of the molecule is CCOC(=O)c1cnc2c(C)cc(C)cc2c1Nc1cccc(Cl)c1. The number of benzene rings is 2. The molecule has 25 heavy (non-hydrogen) atoms. The van der Waals surface area contributed by atoms with Crippen LogP contribution < -0.4 is 5.32 Å². The van der Waals surface area contributed by atoms with E-state index in [1.807, 2.05) is 38.1 Å². The zero-order valence-electron chi connectivity index (χ0n) is 14.4. The summed E-state index contributed by atoms with van der Waals surface area (Å²) in [5.74, 6) is -0.402. The Balaban J connectivity index is 2.23. The number of pyridine rings is 1. The molecule has 0 radical (unpaired) electrons. The minimum Gasteiger partial charge on any atom is -0.462 e. The fourth-order valence-corrected chi connectivity index (χ4v) is 3.06. The topological polar surface area (TPSA) is 51.2 Å². The fourth-order valence-electron chi connectivity index (χ4n) is 2.87. The minimum atomic E-state index is -0.402. The van der Waals surface area contributed by atoms with Crippen molar-refractivity contribution in [3.05, 3.63) is 64.3 Å². The Morgan fingerprint density at radius 3 is 2.76 bits per heavy atom. The van der Waals surface area contributed by atoms with Gasteiger partial charge >= 0.3 is 5.97 Å². The molecule has 0 aliphatic heterocycles. The van der Waals surface area contributed by atoms with E-state index in [2.05, 4.69) is 16.4 Å². The van der Waals surface area contributed by atoms with Crippen molar-refractivity contribution in [2.75, 3.05) is 11.9 Å². The molecule has 0 unspecified atom stereocenters. The smallest absolute Gasteiger partial charge is 0.341 e. The van der Waals surface area contributed by atoms with Gasteiger partial charge in [-0.15, -0.1) is 0 Å². The molecule has 0 saturated heterocycles. The van der Waals surface area contributed by atoms with E-state index in [9.17, 15) is 4.79 Å². The summed E-state index contributed by atoms with van der Waals surface area (Å²) in [5.41, 5.74) is 4.88. The summed E-state index contributed by atoms with van der Waals surface area (Å²) in [6.45, 7) is 6.12. The summed E-state index contributed by atoms with van der Waals surface area (Å²) < 4.78 is 5.19. The monoisotopic (exact) mass is 354 g/mol. The van der Waals surface area contributed by atoms with E-state index in [-0.39, 0.29) is 0 Å². The highest BCUT2D eigenvalue weighted by Gasteiger charge is 2.18. The van der Waals surface area contributed by atoms with Crippen molar-refractivity contribution in [1.29, 1.82) is 0 Å². The number of carbonyl (C=O) groups is 1. The summed E-state index contributed by atoms with van der Waals surface area (Å²) >= 11 is 6.09. The first-order chi connectivity index (χ1) is 12.0. The van der Waals surface area contributed by atoms with Gasteiger partial charge in [0.15, 0.2) is 0 Å². The van der Waals surface area contributed by atoms with Crippen LogP contribution in [0.4, 0.5) is 11.4 Å². The molecule has 0 atom stereocenters. The fraction of sp³-hybridized carbons (Fsp3) is 0.200. The first-order valence-corrected chi connectivity index (χ1v) is 8.47. The van der Waals surface area contributed by atoms with Crippen LogP contribution in [0.2, 0.25) is 5.02 Å². The second-order valence-corrected chi connectivity index (χ2v) is 6.32. The number of hydrogen-bond acceptors (Lipinski definition) is 4. The van der Waals surface area contributed by atoms with Gasteiger partial charge in [0.1, 0.15) is 5.56 Å². The summed E-state index contributed by atoms with van der Waals surface area (Å²) in [6.07, 6.45) is 1.57. The molecule has 0 amide bonds. The molecule has 0 fully saturated rings. The van der Waals surface area contributed by atoms with Crippen LogP contribution >= 0.6 is 11.6 Å². The second kappa shape index (κ2) is 7.11. The van der Waals surface area contributed by atoms with Gasteiger partial charge in [-0.3, -0.25) is 4.98 Å². The average molecular weight is 355 g/mol. The van der Waals surface area contributed by atoms with Gasteiger partial charge in [-0.05, 0) is 50.6 Å². The molecule has 0 bridgehead atoms. The van der Waals surface area contributed by atoms with Crippen LogP contribution in [0.5, 0.6) is 0 Å². The maximum atomic E-state index is 12.4. The average Bonchev–Trinajstić information content (AvgIpc) is 2.55. The maximum Gasteiger partial charge on any atom is 0.341 e. The van der Waals surface area contributed by atoms with Gasteiger partial charge in [-0.1, -0.05) is 29.3 Å². The number of fused-ring (bicyclic) bond motifs is 1. The Morgan fingerprint density at radius 1 is 1.24 bits per heavy atom. The van der Waals surface area contributed by atoms with Crippen LogP contribution in [-0.4, -0.2) is 17.6 Å². The van der Waals surface area contributed by atoms with E-state index in [0.29, 0.717) is 22.9 Å². The van der Waals surface area contributed by atoms with Gasteiger partial charge in [0.05, 0.1) is 17.8 Å². The van der Waals surface area contributed by atoms with Crippen LogP contribution in [0.1, 0.15) is 28.4 Å². The molecule has 1 N–H and O–H groups in total. The van der Waals surface area contributed by atoms with Crippen LogP contribution in [0.3, 0.4) is 0 Å². The van der Waals surface area contributed by atoms with Crippen LogP contribution in [-0.2, 0) is 4.74 Å². The molecule has 128 valence electrons. The number of carbonyl (C=O) groups excluding carboxylic acids is 1. The molecule has 0 aliphatic rings. The number of halogens is 1. The number of nitrogens with one attached hydrogen (secondary N) is 1. The quantitative estimate of drug-likeness (QED) is 0.635. The Morgan fingerprint density at radius 2 is 2.04 bits per heavy atom. The Bertz CT molecular complexity index is 954. The van der Waals surface area contributed by atoms with Gasteiger partial charge in [0.2, 0.25) is 0 Å². The zero-order valence-corrected chi connectivity index (χ0v) is 15.1. The number of anilines is 2. The van der Waals surface area contributed by atoms with E-state index in [1.165, 1.54) is 0 Å². The Labute approximate surface area is 151 Å². The highest BCUT2D eigenvalue weighted by Crippen LogP contribution is 2.32. The Hall–Kier alpha value is -2.59. The van der Waals surface area contributed by atoms with Crippen molar-refractivity contribution in [2.45, 2.75) is 20.8 Å². The van der Waals surface area contributed by atoms with Gasteiger partial charge in [0, 0.05) is 22.3 Å². The van der Waals surface area contributed by atoms with Gasteiger partial charge < -0.3 is 10.1 Å². The lowest BCUT2D eigenvalue weighted by atomic mass is 10.0. The summed E-state index contributed by atoms with van der Waals surface area (Å²) in [4.78, 5) is 16.9. The first-order valence-electron chi connectivity index (χ1n) is 8.09. The van der Waals surface area contributed by atoms with Gasteiger partial charge in [-0.2, -0.15) is 0 Å². The van der Waals surface area contributed by atoms with Crippen molar-refractivity contribution in [3.8, 4) is 0 Å². The molecule has 1 heterocycles. The van der Waals surface area contributed by atoms with E-state index < -0.39 is 5.97 Å². The Kier molecular flexibility index (Phi) is 4.91. The number of esters is 1. The molecule has 3 rings (SSSR count). The predicted octanol–water partition coefficient (Wildman–Crippen LogP) is 5.43. The highest BCUT2D eigenvalue weighted by molar-refractivity contribution is 6.30. The van der Waals surface area contributed by atoms with E-state index in [0.717, 1.165) is 27.7 Å². The van der Waals surface area contributed by atoms with Crippen molar-refractivity contribution >= 4 is 39.8 Å². The second-order valence-electron chi connectivity index (χ2n) is 5.88. The molecule has 0 aliphatic carbocycles. The molecule has 5 heteroatoms. The van der Waals surface area contributed by atoms with Crippen molar-refractivity contribution in [3.63, 3.8) is 0 Å². The summed E-state index contributed by atoms with van der Waals surface area (Å²) in [5, 5.41) is 4.82. The third kappa shape index (κ3) is 3.59. The van der Waals surface area contributed by atoms with Gasteiger partial charge in [-0.25, -0.2) is 4.79 Å². The summed E-state index contributed by atoms with van der Waals surface area (Å²) in [7, 11) is 0. The number of nitrogens with zero attached hydrogens (tertiary/aromatic N) is 1. The molecule has 1 aromatic heterocycles. The van der Waals surface area contributed by atoms with Crippen LogP contribution in [0.25, 0.3) is 10.9 Å². The van der Waals surface area contributed by atoms with Crippen molar-refractivity contribution in [1.82, 2.24) is 4.98 Å². The third-order valence-corrected chi connectivity index (χ3v) is 4.13. The van der Waals surface area contributed by atoms with Crippen LogP contribution in [0.15, 0.2) is 42.6 Å². The molecule has 4 nitrogen and oxygen atoms in total. The lowest BCUT2D eigenvalue weighted by molar-refractivity contribution is 0.0527. The minimum absolute atomic E-state index is 0.306. The lowest BCUT2D eigenvalue weighted by Gasteiger charge is -2.16. The molecule has 2 aromatic carbocycles. The number of aromatic nitrogens is 1. The molecule has 3 aromatic rings. The third-order valence-electron chi connectivity index (χ3n) is 3.90. The first kappa shape index (κ1) is 17.2. The van der Waals surface area contributed by atoms with E-state index in [4.69, 9.17) is 16.3 Å².